The molecule has 0 spiro atoms. The third kappa shape index (κ3) is 2.41. The lowest BCUT2D eigenvalue weighted by atomic mass is 10.0. The Morgan fingerprint density at radius 3 is 2.53 bits per heavy atom. The van der Waals surface area contributed by atoms with Gasteiger partial charge in [-0.3, -0.25) is 9.48 Å². The molecule has 0 aliphatic carbocycles. The lowest BCUT2D eigenvalue weighted by Crippen LogP contribution is -2.05. The van der Waals surface area contributed by atoms with Crippen molar-refractivity contribution < 1.29 is 9.18 Å². The van der Waals surface area contributed by atoms with Crippen LogP contribution in [0.1, 0.15) is 21.6 Å². The average Bonchev–Trinajstić information content (AvgIpc) is 2.63. The average molecular weight is 232 g/mol. The summed E-state index contributed by atoms with van der Waals surface area (Å²) in [6.07, 6.45) is 1.84. The molecule has 0 fully saturated rings. The molecule has 2 aromatic rings. The summed E-state index contributed by atoms with van der Waals surface area (Å²) in [5.74, 6) is -0.291. The van der Waals surface area contributed by atoms with Crippen molar-refractivity contribution in [3.63, 3.8) is 0 Å². The predicted octanol–water partition coefficient (Wildman–Crippen LogP) is 2.29. The molecule has 0 saturated carbocycles. The molecule has 1 aromatic carbocycles. The summed E-state index contributed by atoms with van der Waals surface area (Å²) in [5.41, 5.74) is 2.27. The fraction of sp³-hybridized carbons (Fsp3) is 0.231. The number of Topliss-reactive ketones (excluding diaryl/α,β-unsaturated/α-hetero) is 1. The molecule has 0 atom stereocenters. The lowest BCUT2D eigenvalue weighted by Gasteiger charge is -2.01. The first kappa shape index (κ1) is 11.5. The maximum absolute atomic E-state index is 12.7. The van der Waals surface area contributed by atoms with Crippen LogP contribution in [0.4, 0.5) is 4.39 Å². The van der Waals surface area contributed by atoms with E-state index >= 15 is 0 Å². The van der Waals surface area contributed by atoms with E-state index in [2.05, 4.69) is 5.10 Å². The number of ketones is 1. The minimum atomic E-state index is -0.293. The van der Waals surface area contributed by atoms with Crippen molar-refractivity contribution in [2.24, 2.45) is 7.05 Å². The first-order valence-electron chi connectivity index (χ1n) is 5.34. The Labute approximate surface area is 98.9 Å². The van der Waals surface area contributed by atoms with E-state index in [0.717, 1.165) is 11.3 Å². The van der Waals surface area contributed by atoms with Crippen LogP contribution in [0, 0.1) is 12.7 Å². The summed E-state index contributed by atoms with van der Waals surface area (Å²) in [4.78, 5) is 12.0. The number of rotatable bonds is 3. The third-order valence-corrected chi connectivity index (χ3v) is 2.81. The van der Waals surface area contributed by atoms with Gasteiger partial charge in [-0.15, -0.1) is 0 Å². The Balaban J connectivity index is 2.17. The van der Waals surface area contributed by atoms with Crippen LogP contribution in [0.3, 0.4) is 0 Å². The molecular formula is C13H13FN2O. The van der Waals surface area contributed by atoms with E-state index < -0.39 is 0 Å². The summed E-state index contributed by atoms with van der Waals surface area (Å²) in [5, 5.41) is 4.03. The van der Waals surface area contributed by atoms with Gasteiger partial charge in [0, 0.05) is 19.2 Å². The predicted molar refractivity (Wildman–Crippen MR) is 62.4 cm³/mol. The van der Waals surface area contributed by atoms with Crippen LogP contribution < -0.4 is 0 Å². The monoisotopic (exact) mass is 232 g/mol. The van der Waals surface area contributed by atoms with Gasteiger partial charge in [-0.1, -0.05) is 12.1 Å². The zero-order valence-electron chi connectivity index (χ0n) is 9.77. The Morgan fingerprint density at radius 2 is 2.00 bits per heavy atom. The van der Waals surface area contributed by atoms with Crippen LogP contribution in [-0.2, 0) is 13.5 Å². The van der Waals surface area contributed by atoms with Crippen LogP contribution in [0.5, 0.6) is 0 Å². The number of aromatic nitrogens is 2. The first-order valence-corrected chi connectivity index (χ1v) is 5.34. The van der Waals surface area contributed by atoms with Crippen LogP contribution in [-0.4, -0.2) is 15.6 Å². The highest BCUT2D eigenvalue weighted by atomic mass is 19.1. The van der Waals surface area contributed by atoms with Crippen molar-refractivity contribution in [3.05, 3.63) is 53.1 Å². The minimum absolute atomic E-state index is 0.00204. The molecule has 17 heavy (non-hydrogen) atoms. The van der Waals surface area contributed by atoms with Gasteiger partial charge < -0.3 is 0 Å². The van der Waals surface area contributed by atoms with Gasteiger partial charge in [-0.25, -0.2) is 4.39 Å². The van der Waals surface area contributed by atoms with E-state index in [1.807, 2.05) is 6.92 Å². The van der Waals surface area contributed by atoms with Crippen LogP contribution >= 0.6 is 0 Å². The molecule has 0 bridgehead atoms. The van der Waals surface area contributed by atoms with Gasteiger partial charge in [0.2, 0.25) is 0 Å². The fourth-order valence-electron chi connectivity index (χ4n) is 1.66. The van der Waals surface area contributed by atoms with E-state index in [1.165, 1.54) is 12.1 Å². The SMILES string of the molecule is Cc1c(C(=O)Cc2ccc(F)cc2)cnn1C. The van der Waals surface area contributed by atoms with Crippen LogP contribution in [0.15, 0.2) is 30.5 Å². The second-order valence-corrected chi connectivity index (χ2v) is 3.99. The van der Waals surface area contributed by atoms with Crippen molar-refractivity contribution in [2.45, 2.75) is 13.3 Å². The quantitative estimate of drug-likeness (QED) is 0.761. The van der Waals surface area contributed by atoms with Crippen LogP contribution in [0.2, 0.25) is 0 Å². The Hall–Kier alpha value is -1.97. The number of hydrogen-bond acceptors (Lipinski definition) is 2. The number of aryl methyl sites for hydroxylation is 1. The number of benzene rings is 1. The van der Waals surface area contributed by atoms with E-state index in [9.17, 15) is 9.18 Å². The van der Waals surface area contributed by atoms with E-state index in [0.29, 0.717) is 5.56 Å². The number of carbonyl (C=O) groups is 1. The summed E-state index contributed by atoms with van der Waals surface area (Å²) in [6.45, 7) is 1.85. The maximum atomic E-state index is 12.7. The molecule has 0 N–H and O–H groups in total. The molecule has 3 nitrogen and oxygen atoms in total. The molecule has 1 heterocycles. The van der Waals surface area contributed by atoms with Crippen molar-refractivity contribution in [1.82, 2.24) is 9.78 Å². The van der Waals surface area contributed by atoms with Gasteiger partial charge in [0.1, 0.15) is 5.82 Å². The molecule has 0 aliphatic heterocycles. The Bertz CT molecular complexity index is 543. The zero-order chi connectivity index (χ0) is 12.4. The molecular weight excluding hydrogens is 219 g/mol. The summed E-state index contributed by atoms with van der Waals surface area (Å²) >= 11 is 0. The minimum Gasteiger partial charge on any atom is -0.294 e. The molecule has 0 radical (unpaired) electrons. The standard InChI is InChI=1S/C13H13FN2O/c1-9-12(8-15-16(9)2)13(17)7-10-3-5-11(14)6-4-10/h3-6,8H,7H2,1-2H3. The van der Waals surface area contributed by atoms with Crippen LogP contribution in [0.25, 0.3) is 0 Å². The van der Waals surface area contributed by atoms with Gasteiger partial charge in [-0.05, 0) is 24.6 Å². The summed E-state index contributed by atoms with van der Waals surface area (Å²) in [6, 6.07) is 5.97. The maximum Gasteiger partial charge on any atom is 0.170 e. The smallest absolute Gasteiger partial charge is 0.170 e. The molecule has 4 heteroatoms. The molecule has 0 unspecified atom stereocenters. The number of nitrogens with zero attached hydrogens (tertiary/aromatic N) is 2. The summed E-state index contributed by atoms with van der Waals surface area (Å²) < 4.78 is 14.4. The highest BCUT2D eigenvalue weighted by Crippen LogP contribution is 2.11. The normalized spacial score (nSPS) is 10.5. The van der Waals surface area contributed by atoms with Gasteiger partial charge in [0.15, 0.2) is 5.78 Å². The highest BCUT2D eigenvalue weighted by Gasteiger charge is 2.13. The Kier molecular flexibility index (Phi) is 3.04. The van der Waals surface area contributed by atoms with Gasteiger partial charge in [0.25, 0.3) is 0 Å². The van der Waals surface area contributed by atoms with E-state index in [-0.39, 0.29) is 18.0 Å². The van der Waals surface area contributed by atoms with Crippen molar-refractivity contribution in [3.8, 4) is 0 Å². The van der Waals surface area contributed by atoms with Gasteiger partial charge in [0.05, 0.1) is 11.8 Å². The second kappa shape index (κ2) is 4.49. The second-order valence-electron chi connectivity index (χ2n) is 3.99. The molecule has 2 rings (SSSR count). The largest absolute Gasteiger partial charge is 0.294 e. The van der Waals surface area contributed by atoms with Crippen molar-refractivity contribution in [2.75, 3.05) is 0 Å². The zero-order valence-corrected chi connectivity index (χ0v) is 9.77. The summed E-state index contributed by atoms with van der Waals surface area (Å²) in [7, 11) is 1.80. The third-order valence-electron chi connectivity index (χ3n) is 2.81. The van der Waals surface area contributed by atoms with Crippen molar-refractivity contribution >= 4 is 5.78 Å². The molecule has 88 valence electrons. The fourth-order valence-corrected chi connectivity index (χ4v) is 1.66. The van der Waals surface area contributed by atoms with E-state index in [1.54, 1.807) is 30.1 Å². The van der Waals surface area contributed by atoms with Crippen molar-refractivity contribution in [1.29, 1.82) is 0 Å². The van der Waals surface area contributed by atoms with Gasteiger partial charge >= 0.3 is 0 Å². The molecule has 0 aliphatic rings. The Morgan fingerprint density at radius 1 is 1.35 bits per heavy atom. The molecule has 0 saturated heterocycles. The van der Waals surface area contributed by atoms with Gasteiger partial charge in [-0.2, -0.15) is 5.10 Å². The lowest BCUT2D eigenvalue weighted by molar-refractivity contribution is 0.0992. The number of hydrogen-bond donors (Lipinski definition) is 0. The highest BCUT2D eigenvalue weighted by molar-refractivity contribution is 5.98. The first-order chi connectivity index (χ1) is 8.08. The number of halogens is 1. The molecule has 1 aromatic heterocycles. The topological polar surface area (TPSA) is 34.9 Å². The number of carbonyl (C=O) groups excluding carboxylic acids is 1. The molecule has 0 amide bonds. The van der Waals surface area contributed by atoms with E-state index in [4.69, 9.17) is 0 Å².